The monoisotopic (exact) mass is 330 g/mol. The van der Waals surface area contributed by atoms with Gasteiger partial charge in [0.1, 0.15) is 11.5 Å². The van der Waals surface area contributed by atoms with E-state index in [1.807, 2.05) is 49.4 Å². The number of benzene rings is 1. The van der Waals surface area contributed by atoms with Crippen LogP contribution in [0.25, 0.3) is 0 Å². The number of rotatable bonds is 5. The van der Waals surface area contributed by atoms with Crippen LogP contribution in [0.2, 0.25) is 0 Å². The summed E-state index contributed by atoms with van der Waals surface area (Å²) >= 11 is 0. The number of nitrogens with zero attached hydrogens (tertiary/aromatic N) is 1. The third kappa shape index (κ3) is 4.03. The van der Waals surface area contributed by atoms with E-state index in [0.29, 0.717) is 26.2 Å². The maximum atomic E-state index is 14.9. The lowest BCUT2D eigenvalue weighted by Crippen LogP contribution is -2.50. The number of amides is 1. The fourth-order valence-corrected chi connectivity index (χ4v) is 3.02. The quantitative estimate of drug-likeness (QED) is 0.916. The van der Waals surface area contributed by atoms with Crippen LogP contribution in [0.5, 0.6) is 0 Å². The summed E-state index contributed by atoms with van der Waals surface area (Å²) in [4.78, 5) is 14.4. The molecule has 5 heteroatoms. The molecular formula is C19H23FN2O2. The number of likely N-dealkylation sites (tertiary alicyclic amines) is 1. The van der Waals surface area contributed by atoms with Crippen LogP contribution in [0.15, 0.2) is 46.9 Å². The SMILES string of the molecule is Cc1ccc(CN2CCC(F)(C(=O)NCc3ccccc3)CC2)o1. The van der Waals surface area contributed by atoms with Gasteiger partial charge >= 0.3 is 0 Å². The fraction of sp³-hybridized carbons (Fsp3) is 0.421. The Morgan fingerprint density at radius 2 is 1.92 bits per heavy atom. The van der Waals surface area contributed by atoms with Gasteiger partial charge in [-0.2, -0.15) is 0 Å². The minimum absolute atomic E-state index is 0.216. The summed E-state index contributed by atoms with van der Waals surface area (Å²) in [7, 11) is 0. The van der Waals surface area contributed by atoms with Crippen LogP contribution < -0.4 is 5.32 Å². The second kappa shape index (κ2) is 7.18. The van der Waals surface area contributed by atoms with Crippen LogP contribution in [-0.2, 0) is 17.9 Å². The highest BCUT2D eigenvalue weighted by Gasteiger charge is 2.41. The number of hydrogen-bond acceptors (Lipinski definition) is 3. The van der Waals surface area contributed by atoms with Crippen molar-refractivity contribution >= 4 is 5.91 Å². The van der Waals surface area contributed by atoms with Crippen molar-refractivity contribution < 1.29 is 13.6 Å². The molecular weight excluding hydrogens is 307 g/mol. The van der Waals surface area contributed by atoms with Gasteiger partial charge in [-0.05, 0) is 24.6 Å². The van der Waals surface area contributed by atoms with Gasteiger partial charge < -0.3 is 9.73 Å². The molecule has 0 unspecified atom stereocenters. The van der Waals surface area contributed by atoms with Gasteiger partial charge in [-0.15, -0.1) is 0 Å². The maximum Gasteiger partial charge on any atom is 0.258 e. The standard InChI is InChI=1S/C19H23FN2O2/c1-15-7-8-17(24-15)14-22-11-9-19(20,10-12-22)18(23)21-13-16-5-3-2-4-6-16/h2-8H,9-14H2,1H3,(H,21,23). The molecule has 1 aromatic heterocycles. The molecule has 24 heavy (non-hydrogen) atoms. The van der Waals surface area contributed by atoms with E-state index in [1.54, 1.807) is 0 Å². The van der Waals surface area contributed by atoms with E-state index in [0.717, 1.165) is 17.1 Å². The van der Waals surface area contributed by atoms with Crippen LogP contribution in [0.3, 0.4) is 0 Å². The van der Waals surface area contributed by atoms with Gasteiger partial charge in [-0.25, -0.2) is 4.39 Å². The topological polar surface area (TPSA) is 45.5 Å². The number of nitrogens with one attached hydrogen (secondary N) is 1. The number of piperidine rings is 1. The number of carbonyl (C=O) groups excluding carboxylic acids is 1. The van der Waals surface area contributed by atoms with Gasteiger partial charge in [-0.1, -0.05) is 30.3 Å². The first kappa shape index (κ1) is 16.7. The van der Waals surface area contributed by atoms with Crippen molar-refractivity contribution in [2.75, 3.05) is 13.1 Å². The Labute approximate surface area is 141 Å². The summed E-state index contributed by atoms with van der Waals surface area (Å²) in [6.07, 6.45) is 0.431. The first-order valence-corrected chi connectivity index (χ1v) is 8.34. The van der Waals surface area contributed by atoms with E-state index in [4.69, 9.17) is 4.42 Å². The van der Waals surface area contributed by atoms with Crippen molar-refractivity contribution in [2.24, 2.45) is 0 Å². The minimum atomic E-state index is -1.77. The zero-order valence-corrected chi connectivity index (χ0v) is 13.9. The summed E-state index contributed by atoms with van der Waals surface area (Å²) in [5.74, 6) is 1.26. The predicted molar refractivity (Wildman–Crippen MR) is 90.1 cm³/mol. The van der Waals surface area contributed by atoms with Crippen molar-refractivity contribution in [1.29, 1.82) is 0 Å². The van der Waals surface area contributed by atoms with Gasteiger partial charge in [0.2, 0.25) is 0 Å². The van der Waals surface area contributed by atoms with Crippen LogP contribution >= 0.6 is 0 Å². The third-order valence-electron chi connectivity index (χ3n) is 4.53. The van der Waals surface area contributed by atoms with E-state index < -0.39 is 11.6 Å². The third-order valence-corrected chi connectivity index (χ3v) is 4.53. The van der Waals surface area contributed by atoms with E-state index in [-0.39, 0.29) is 12.8 Å². The first-order valence-electron chi connectivity index (χ1n) is 8.34. The van der Waals surface area contributed by atoms with Crippen LogP contribution in [0, 0.1) is 6.92 Å². The number of halogens is 1. The summed E-state index contributed by atoms with van der Waals surface area (Å²) < 4.78 is 20.5. The molecule has 128 valence electrons. The summed E-state index contributed by atoms with van der Waals surface area (Å²) in [6, 6.07) is 13.4. The smallest absolute Gasteiger partial charge is 0.258 e. The number of carbonyl (C=O) groups is 1. The number of alkyl halides is 1. The minimum Gasteiger partial charge on any atom is -0.465 e. The Bertz CT molecular complexity index is 676. The average molecular weight is 330 g/mol. The second-order valence-corrected chi connectivity index (χ2v) is 6.42. The first-order chi connectivity index (χ1) is 11.5. The summed E-state index contributed by atoms with van der Waals surface area (Å²) in [5, 5.41) is 2.73. The molecule has 0 aliphatic carbocycles. The van der Waals surface area contributed by atoms with Crippen LogP contribution in [-0.4, -0.2) is 29.6 Å². The van der Waals surface area contributed by atoms with E-state index >= 15 is 0 Å². The van der Waals surface area contributed by atoms with Gasteiger partial charge in [0.15, 0.2) is 5.67 Å². The Balaban J connectivity index is 1.49. The predicted octanol–water partition coefficient (Wildman–Crippen LogP) is 3.21. The molecule has 0 saturated carbocycles. The highest BCUT2D eigenvalue weighted by Crippen LogP contribution is 2.28. The van der Waals surface area contributed by atoms with Crippen LogP contribution in [0.4, 0.5) is 4.39 Å². The molecule has 1 aromatic carbocycles. The molecule has 4 nitrogen and oxygen atoms in total. The van der Waals surface area contributed by atoms with Crippen molar-refractivity contribution in [3.8, 4) is 0 Å². The van der Waals surface area contributed by atoms with Gasteiger partial charge in [0.05, 0.1) is 6.54 Å². The zero-order valence-electron chi connectivity index (χ0n) is 13.9. The molecule has 1 aliphatic heterocycles. The van der Waals surface area contributed by atoms with E-state index in [2.05, 4.69) is 10.2 Å². The zero-order chi connectivity index (χ0) is 17.0. The molecule has 1 N–H and O–H groups in total. The highest BCUT2D eigenvalue weighted by atomic mass is 19.1. The lowest BCUT2D eigenvalue weighted by atomic mass is 9.92. The maximum absolute atomic E-state index is 14.9. The molecule has 2 aromatic rings. The van der Waals surface area contributed by atoms with Gasteiger partial charge in [0.25, 0.3) is 5.91 Å². The summed E-state index contributed by atoms with van der Waals surface area (Å²) in [5.41, 5.74) is -0.801. The van der Waals surface area contributed by atoms with Crippen LogP contribution in [0.1, 0.15) is 29.9 Å². The Morgan fingerprint density at radius 3 is 2.54 bits per heavy atom. The normalized spacial score (nSPS) is 17.6. The largest absolute Gasteiger partial charge is 0.465 e. The Kier molecular flexibility index (Phi) is 5.00. The highest BCUT2D eigenvalue weighted by molar-refractivity contribution is 5.85. The Morgan fingerprint density at radius 1 is 1.21 bits per heavy atom. The molecule has 0 spiro atoms. The lowest BCUT2D eigenvalue weighted by Gasteiger charge is -2.34. The summed E-state index contributed by atoms with van der Waals surface area (Å²) in [6.45, 7) is 4.03. The molecule has 1 fully saturated rings. The molecule has 0 radical (unpaired) electrons. The molecule has 3 rings (SSSR count). The van der Waals surface area contributed by atoms with Gasteiger partial charge in [-0.3, -0.25) is 9.69 Å². The van der Waals surface area contributed by atoms with E-state index in [9.17, 15) is 9.18 Å². The van der Waals surface area contributed by atoms with Crippen molar-refractivity contribution in [3.63, 3.8) is 0 Å². The molecule has 1 aliphatic rings. The Hall–Kier alpha value is -2.14. The van der Waals surface area contributed by atoms with E-state index in [1.165, 1.54) is 0 Å². The molecule has 0 atom stereocenters. The van der Waals surface area contributed by atoms with Crippen molar-refractivity contribution in [2.45, 2.75) is 38.5 Å². The second-order valence-electron chi connectivity index (χ2n) is 6.42. The number of aryl methyl sites for hydroxylation is 1. The lowest BCUT2D eigenvalue weighted by molar-refractivity contribution is -0.136. The number of hydrogen-bond donors (Lipinski definition) is 1. The molecule has 1 saturated heterocycles. The number of furan rings is 1. The van der Waals surface area contributed by atoms with Crippen molar-refractivity contribution in [3.05, 3.63) is 59.5 Å². The molecule has 2 heterocycles. The van der Waals surface area contributed by atoms with Crippen molar-refractivity contribution in [1.82, 2.24) is 10.2 Å². The molecule has 1 amide bonds. The molecule has 0 bridgehead atoms. The fourth-order valence-electron chi connectivity index (χ4n) is 3.02. The average Bonchev–Trinajstić information content (AvgIpc) is 3.01. The van der Waals surface area contributed by atoms with Gasteiger partial charge in [0, 0.05) is 32.5 Å².